The van der Waals surface area contributed by atoms with Crippen molar-refractivity contribution in [1.82, 2.24) is 20.0 Å². The molecule has 9 nitrogen and oxygen atoms in total. The molecule has 2 unspecified atom stereocenters. The lowest BCUT2D eigenvalue weighted by molar-refractivity contribution is -0.141. The topological polar surface area (TPSA) is 123 Å². The number of carbonyl (C=O) groups excluding carboxylic acids is 2. The molecule has 2 amide bonds. The van der Waals surface area contributed by atoms with Crippen LogP contribution in [0.1, 0.15) is 45.7 Å². The second-order valence-corrected chi connectivity index (χ2v) is 9.38. The summed E-state index contributed by atoms with van der Waals surface area (Å²) >= 11 is 0. The number of carbonyl (C=O) groups is 2. The number of β-amino-alcohol motifs (C(OH)–C–C–N with tert-alkyl or cyclic N) is 1. The van der Waals surface area contributed by atoms with Crippen molar-refractivity contribution >= 4 is 22.7 Å². The van der Waals surface area contributed by atoms with Crippen LogP contribution >= 0.6 is 0 Å². The molecule has 1 aliphatic rings. The molecule has 9 heteroatoms. The number of fused-ring (bicyclic) bond motifs is 1. The van der Waals surface area contributed by atoms with Gasteiger partial charge < -0.3 is 25.8 Å². The minimum Gasteiger partial charge on any atom is -0.479 e. The van der Waals surface area contributed by atoms with Gasteiger partial charge in [0.25, 0.3) is 0 Å². The molecule has 31 heavy (non-hydrogen) atoms. The average Bonchev–Trinajstić information content (AvgIpc) is 3.25. The number of nitrogens with two attached hydrogens (primary N) is 1. The number of nitrogens with zero attached hydrogens (tertiary/aromatic N) is 3. The maximum Gasteiger partial charge on any atom is 0.243 e. The largest absolute Gasteiger partial charge is 0.479 e. The number of nitrogens with one attached hydrogen (secondary N) is 1. The Morgan fingerprint density at radius 1 is 1.35 bits per heavy atom. The van der Waals surface area contributed by atoms with Crippen molar-refractivity contribution in [2.24, 2.45) is 18.2 Å². The molecule has 1 aromatic heterocycles. The SMILES string of the molecule is COc1nn(C)c2ccc(C(C)NC(=O)[C@@H]3C[C@@H](O)CN3C(=O)C(N)C(C)(C)C)cc12. The summed E-state index contributed by atoms with van der Waals surface area (Å²) < 4.78 is 7.08. The smallest absolute Gasteiger partial charge is 0.243 e. The number of benzene rings is 1. The lowest BCUT2D eigenvalue weighted by atomic mass is 9.86. The van der Waals surface area contributed by atoms with Gasteiger partial charge in [0.15, 0.2) is 0 Å². The quantitative estimate of drug-likeness (QED) is 0.651. The number of amides is 2. The van der Waals surface area contributed by atoms with E-state index in [1.54, 1.807) is 11.8 Å². The minimum atomic E-state index is -0.758. The zero-order chi connectivity index (χ0) is 23.1. The third-order valence-electron chi connectivity index (χ3n) is 5.96. The number of likely N-dealkylation sites (tertiary alicyclic amines) is 1. The van der Waals surface area contributed by atoms with Crippen molar-refractivity contribution in [3.63, 3.8) is 0 Å². The molecule has 3 rings (SSSR count). The standard InChI is InChI=1S/C22H33N5O4/c1-12(13-7-8-16-15(9-13)20(31-6)25-26(16)5)24-19(29)17-10-14(28)11-27(17)21(30)18(23)22(2,3)4/h7-9,12,14,17-18,28H,10-11,23H2,1-6H3,(H,24,29)/t12?,14-,17+,18?/m1/s1. The molecule has 2 aromatic rings. The van der Waals surface area contributed by atoms with E-state index in [-0.39, 0.29) is 30.8 Å². The Bertz CT molecular complexity index is 980. The predicted molar refractivity (Wildman–Crippen MR) is 117 cm³/mol. The Hall–Kier alpha value is -2.65. The normalized spacial score (nSPS) is 21.2. The first-order valence-corrected chi connectivity index (χ1v) is 10.5. The van der Waals surface area contributed by atoms with E-state index in [1.165, 1.54) is 4.90 Å². The number of methoxy groups -OCH3 is 1. The maximum atomic E-state index is 13.1. The van der Waals surface area contributed by atoms with Gasteiger partial charge in [0, 0.05) is 20.0 Å². The summed E-state index contributed by atoms with van der Waals surface area (Å²) in [4.78, 5) is 27.4. The molecular weight excluding hydrogens is 398 g/mol. The molecule has 0 radical (unpaired) electrons. The average molecular weight is 432 g/mol. The van der Waals surface area contributed by atoms with Gasteiger partial charge in [0.1, 0.15) is 6.04 Å². The van der Waals surface area contributed by atoms with Crippen LogP contribution in [0, 0.1) is 5.41 Å². The van der Waals surface area contributed by atoms with E-state index in [0.29, 0.717) is 5.88 Å². The number of aliphatic hydroxyl groups is 1. The highest BCUT2D eigenvalue weighted by molar-refractivity contribution is 5.91. The third-order valence-corrected chi connectivity index (χ3v) is 5.96. The van der Waals surface area contributed by atoms with Gasteiger partial charge in [-0.05, 0) is 30.0 Å². The van der Waals surface area contributed by atoms with Gasteiger partial charge in [0.2, 0.25) is 17.7 Å². The summed E-state index contributed by atoms with van der Waals surface area (Å²) in [6.07, 6.45) is -0.561. The molecule has 0 saturated carbocycles. The van der Waals surface area contributed by atoms with E-state index < -0.39 is 23.6 Å². The monoisotopic (exact) mass is 431 g/mol. The van der Waals surface area contributed by atoms with Gasteiger partial charge in [-0.2, -0.15) is 0 Å². The van der Waals surface area contributed by atoms with Crippen molar-refractivity contribution in [2.75, 3.05) is 13.7 Å². The Morgan fingerprint density at radius 2 is 2.03 bits per heavy atom. The summed E-state index contributed by atoms with van der Waals surface area (Å²) in [5, 5.41) is 18.3. The van der Waals surface area contributed by atoms with Gasteiger partial charge in [-0.1, -0.05) is 26.8 Å². The lowest BCUT2D eigenvalue weighted by Crippen LogP contribution is -2.55. The Morgan fingerprint density at radius 3 is 2.65 bits per heavy atom. The van der Waals surface area contributed by atoms with Crippen LogP contribution < -0.4 is 15.8 Å². The van der Waals surface area contributed by atoms with Crippen LogP contribution in [-0.4, -0.2) is 63.4 Å². The van der Waals surface area contributed by atoms with Crippen molar-refractivity contribution in [3.05, 3.63) is 23.8 Å². The van der Waals surface area contributed by atoms with Gasteiger partial charge in [-0.15, -0.1) is 5.10 Å². The van der Waals surface area contributed by atoms with Crippen molar-refractivity contribution in [3.8, 4) is 5.88 Å². The number of aliphatic hydroxyl groups excluding tert-OH is 1. The first-order valence-electron chi connectivity index (χ1n) is 10.5. The molecule has 4 N–H and O–H groups in total. The molecule has 4 atom stereocenters. The van der Waals surface area contributed by atoms with Gasteiger partial charge in [-0.25, -0.2) is 0 Å². The molecule has 170 valence electrons. The molecular formula is C22H33N5O4. The van der Waals surface area contributed by atoms with Crippen LogP contribution in [0.25, 0.3) is 10.9 Å². The van der Waals surface area contributed by atoms with E-state index in [1.807, 2.05) is 52.9 Å². The van der Waals surface area contributed by atoms with Crippen molar-refractivity contribution < 1.29 is 19.4 Å². The molecule has 2 heterocycles. The first-order chi connectivity index (χ1) is 14.4. The fourth-order valence-corrected chi connectivity index (χ4v) is 3.92. The van der Waals surface area contributed by atoms with Crippen molar-refractivity contribution in [2.45, 2.75) is 58.3 Å². The van der Waals surface area contributed by atoms with Crippen molar-refractivity contribution in [1.29, 1.82) is 0 Å². The Kier molecular flexibility index (Phi) is 6.29. The van der Waals surface area contributed by atoms with E-state index in [2.05, 4.69) is 10.4 Å². The van der Waals surface area contributed by atoms with Crippen LogP contribution in [0.3, 0.4) is 0 Å². The molecule has 0 aliphatic carbocycles. The number of rotatable bonds is 5. The van der Waals surface area contributed by atoms with Crippen LogP contribution in [0.15, 0.2) is 18.2 Å². The van der Waals surface area contributed by atoms with E-state index in [9.17, 15) is 14.7 Å². The zero-order valence-corrected chi connectivity index (χ0v) is 19.0. The van der Waals surface area contributed by atoms with Gasteiger partial charge in [0.05, 0.1) is 36.2 Å². The summed E-state index contributed by atoms with van der Waals surface area (Å²) in [6, 6.07) is 3.97. The summed E-state index contributed by atoms with van der Waals surface area (Å²) in [7, 11) is 3.41. The third kappa shape index (κ3) is 4.52. The molecule has 0 bridgehead atoms. The number of hydrogen-bond acceptors (Lipinski definition) is 6. The highest BCUT2D eigenvalue weighted by atomic mass is 16.5. The van der Waals surface area contributed by atoms with E-state index >= 15 is 0 Å². The van der Waals surface area contributed by atoms with Crippen LogP contribution in [0.5, 0.6) is 5.88 Å². The van der Waals surface area contributed by atoms with E-state index in [0.717, 1.165) is 16.5 Å². The first kappa shape index (κ1) is 23.0. The number of hydrogen-bond donors (Lipinski definition) is 3. The highest BCUT2D eigenvalue weighted by Crippen LogP contribution is 2.28. The Labute approximate surface area is 182 Å². The fourth-order valence-electron chi connectivity index (χ4n) is 3.92. The fraction of sp³-hybridized carbons (Fsp3) is 0.591. The van der Waals surface area contributed by atoms with Crippen LogP contribution in [0.4, 0.5) is 0 Å². The second kappa shape index (κ2) is 8.47. The maximum absolute atomic E-state index is 13.1. The van der Waals surface area contributed by atoms with Crippen LogP contribution in [-0.2, 0) is 16.6 Å². The summed E-state index contributed by atoms with van der Waals surface area (Å²) in [5.41, 5.74) is 7.49. The minimum absolute atomic E-state index is 0.105. The molecule has 1 aliphatic heterocycles. The molecule has 0 spiro atoms. The Balaban J connectivity index is 1.78. The molecule has 1 aromatic carbocycles. The number of ether oxygens (including phenoxy) is 1. The number of aromatic nitrogens is 2. The summed E-state index contributed by atoms with van der Waals surface area (Å²) in [5.74, 6) is -0.111. The lowest BCUT2D eigenvalue weighted by Gasteiger charge is -2.32. The van der Waals surface area contributed by atoms with Gasteiger partial charge in [-0.3, -0.25) is 14.3 Å². The summed E-state index contributed by atoms with van der Waals surface area (Å²) in [6.45, 7) is 7.61. The second-order valence-electron chi connectivity index (χ2n) is 9.38. The number of aryl methyl sites for hydroxylation is 1. The zero-order valence-electron chi connectivity index (χ0n) is 19.0. The molecule has 1 fully saturated rings. The molecule has 1 saturated heterocycles. The highest BCUT2D eigenvalue weighted by Gasteiger charge is 2.42. The van der Waals surface area contributed by atoms with Crippen LogP contribution in [0.2, 0.25) is 0 Å². The van der Waals surface area contributed by atoms with E-state index in [4.69, 9.17) is 10.5 Å². The predicted octanol–water partition coefficient (Wildman–Crippen LogP) is 1.09. The van der Waals surface area contributed by atoms with Gasteiger partial charge >= 0.3 is 0 Å².